The minimum atomic E-state index is -6.04. The van der Waals surface area contributed by atoms with Crippen LogP contribution in [0.5, 0.6) is 0 Å². The maximum absolute atomic E-state index is 14.4. The van der Waals surface area contributed by atoms with Crippen LogP contribution in [0, 0.1) is 6.92 Å². The Morgan fingerprint density at radius 2 is 1.46 bits per heavy atom. The van der Waals surface area contributed by atoms with Crippen molar-refractivity contribution in [2.75, 3.05) is 77.7 Å². The number of benzene rings is 5. The van der Waals surface area contributed by atoms with Gasteiger partial charge in [0.15, 0.2) is 9.71 Å². The first-order valence-corrected chi connectivity index (χ1v) is 30.5. The Hall–Kier alpha value is -5.97. The number of anilines is 4. The van der Waals surface area contributed by atoms with Gasteiger partial charge in [0.2, 0.25) is 15.3 Å². The molecule has 1 aromatic heterocycles. The van der Waals surface area contributed by atoms with E-state index in [1.165, 1.54) is 17.0 Å². The van der Waals surface area contributed by atoms with Crippen molar-refractivity contribution in [1.29, 1.82) is 0 Å². The molecule has 2 aliphatic rings. The summed E-state index contributed by atoms with van der Waals surface area (Å²) in [5.41, 5.74) is -0.815. The number of likely N-dealkylation sites (tertiary alicyclic amines) is 1. The Bertz CT molecular complexity index is 3450. The third-order valence-electron chi connectivity index (χ3n) is 13.5. The highest BCUT2D eigenvalue weighted by molar-refractivity contribution is 8.02. The van der Waals surface area contributed by atoms with Crippen molar-refractivity contribution in [3.8, 4) is 22.4 Å². The number of hydrogen-bond donors (Lipinski definition) is 4. The molecule has 76 heavy (non-hydrogen) atoms. The second-order valence-electron chi connectivity index (χ2n) is 18.7. The Morgan fingerprint density at radius 3 is 2.08 bits per heavy atom. The molecule has 1 unspecified atom stereocenters. The standard InChI is InChI=1S/C53H57ClF3N7O8S4/c1-36-49(52(67)60-74(3,68)69)50(51(61(36)2)37-12-14-39(54)15-13-37)38-8-7-9-43(32-38)64-30-28-63(29-31-64)42-18-16-40(17-19-42)59-75(70,35-65)46-20-21-47(48(33-46)76(71,72)53(55,56)57)58-41(34-73-45-10-5-4-6-11-45)22-25-62-26-23-44(66)24-27-62/h4-21,32-33,41,44,58,66H,22-31,34H2,1-3H3,(H,59,70)(H,60,67)/t41-,75?/m0/s1. The highest BCUT2D eigenvalue weighted by atomic mass is 35.5. The van der Waals surface area contributed by atoms with Gasteiger partial charge >= 0.3 is 5.51 Å². The van der Waals surface area contributed by atoms with E-state index < -0.39 is 62.9 Å². The average Bonchev–Trinajstić information content (AvgIpc) is 3.70. The number of hydrogen-bond acceptors (Lipinski definition) is 13. The van der Waals surface area contributed by atoms with E-state index in [1.807, 2.05) is 78.3 Å². The molecule has 2 fully saturated rings. The number of carbonyl (C=O) groups is 1. The van der Waals surface area contributed by atoms with E-state index in [4.69, 9.17) is 11.6 Å². The molecule has 8 rings (SSSR count). The van der Waals surface area contributed by atoms with Gasteiger partial charge in [-0.25, -0.2) is 30.6 Å². The van der Waals surface area contributed by atoms with Gasteiger partial charge in [0.05, 0.1) is 34.2 Å². The SMILES string of the molecule is Cc1c(C(=O)NS(C)(=O)=O)c(-c2cccc(N3CCN(c4ccc(NS(=O)(=C=O)c5ccc(N[C@@H](CCN6CCC(O)CC6)CSc6ccccc6)c(S(=O)(=O)C(F)(F)F)c5)cc4)CC3)c2)c(-c2ccc(Cl)cc2)n1C. The fourth-order valence-corrected chi connectivity index (χ4v) is 13.2. The number of nitrogens with one attached hydrogen (secondary N) is 3. The van der Waals surface area contributed by atoms with Crippen LogP contribution in [0.3, 0.4) is 0 Å². The molecule has 0 radical (unpaired) electrons. The lowest BCUT2D eigenvalue weighted by atomic mass is 9.96. The number of aliphatic hydroxyl groups is 1. The molecule has 4 N–H and O–H groups in total. The minimum absolute atomic E-state index is 0.164. The van der Waals surface area contributed by atoms with Gasteiger partial charge < -0.3 is 34.4 Å². The van der Waals surface area contributed by atoms with Crippen LogP contribution in [0.25, 0.3) is 22.4 Å². The molecule has 3 heterocycles. The average molecular weight is 1140 g/mol. The number of rotatable bonds is 18. The molecule has 2 aliphatic heterocycles. The minimum Gasteiger partial charge on any atom is -0.393 e. The van der Waals surface area contributed by atoms with Gasteiger partial charge in [-0.05, 0) is 116 Å². The first-order valence-electron chi connectivity index (χ1n) is 24.2. The quantitative estimate of drug-likeness (QED) is 0.0473. The number of amides is 1. The van der Waals surface area contributed by atoms with Crippen LogP contribution in [0.15, 0.2) is 136 Å². The van der Waals surface area contributed by atoms with E-state index in [9.17, 15) is 48.9 Å². The van der Waals surface area contributed by atoms with Crippen LogP contribution < -0.4 is 24.6 Å². The van der Waals surface area contributed by atoms with Gasteiger partial charge in [-0.1, -0.05) is 54.1 Å². The maximum atomic E-state index is 14.4. The third-order valence-corrected chi connectivity index (χ3v) is 18.7. The Kier molecular flexibility index (Phi) is 17.3. The summed E-state index contributed by atoms with van der Waals surface area (Å²) in [7, 11) is -12.3. The predicted octanol–water partition coefficient (Wildman–Crippen LogP) is 8.79. The Balaban J connectivity index is 0.987. The first-order chi connectivity index (χ1) is 36.0. The summed E-state index contributed by atoms with van der Waals surface area (Å²) < 4.78 is 115. The fourth-order valence-electron chi connectivity index (χ4n) is 9.40. The van der Waals surface area contributed by atoms with E-state index in [0.717, 1.165) is 40.2 Å². The van der Waals surface area contributed by atoms with Crippen LogP contribution in [0.4, 0.5) is 35.9 Å². The monoisotopic (exact) mass is 1140 g/mol. The number of sulfone groups is 1. The lowest BCUT2D eigenvalue weighted by Gasteiger charge is -2.37. The van der Waals surface area contributed by atoms with Gasteiger partial charge in [0.25, 0.3) is 15.7 Å². The number of aliphatic hydroxyl groups excluding tert-OH is 1. The van der Waals surface area contributed by atoms with Crippen LogP contribution in [-0.2, 0) is 41.4 Å². The zero-order valence-corrected chi connectivity index (χ0v) is 45.7. The highest BCUT2D eigenvalue weighted by Gasteiger charge is 2.48. The molecular weight excluding hydrogens is 1080 g/mol. The lowest BCUT2D eigenvalue weighted by molar-refractivity contribution is -0.0435. The molecular formula is C53H57ClF3N7O8S4. The third kappa shape index (κ3) is 13.1. The van der Waals surface area contributed by atoms with E-state index in [-0.39, 0.29) is 16.9 Å². The molecule has 5 aromatic carbocycles. The summed E-state index contributed by atoms with van der Waals surface area (Å²) in [5, 5.41) is 15.0. The molecule has 6 aromatic rings. The molecule has 23 heteroatoms. The summed E-state index contributed by atoms with van der Waals surface area (Å²) in [6, 6.07) is 33.1. The molecule has 2 saturated heterocycles. The summed E-state index contributed by atoms with van der Waals surface area (Å²) in [5.74, 6) is -0.401. The fraction of sp³-hybridized carbons (Fsp3) is 0.321. The number of alkyl halides is 3. The van der Waals surface area contributed by atoms with Gasteiger partial charge in [0, 0.05) is 103 Å². The van der Waals surface area contributed by atoms with E-state index in [0.29, 0.717) is 104 Å². The Morgan fingerprint density at radius 1 is 0.816 bits per heavy atom. The predicted molar refractivity (Wildman–Crippen MR) is 295 cm³/mol. The lowest BCUT2D eigenvalue weighted by Crippen LogP contribution is -2.46. The number of thioether (sulfide) groups is 1. The number of sulfonamides is 1. The normalized spacial score (nSPS) is 16.2. The van der Waals surface area contributed by atoms with E-state index >= 15 is 0 Å². The first kappa shape index (κ1) is 56.2. The number of nitrogens with zero attached hydrogens (tertiary/aromatic N) is 4. The summed E-state index contributed by atoms with van der Waals surface area (Å²) in [4.78, 5) is 31.8. The molecule has 15 nitrogen and oxygen atoms in total. The van der Waals surface area contributed by atoms with Gasteiger partial charge in [-0.3, -0.25) is 4.79 Å². The smallest absolute Gasteiger partial charge is 0.393 e. The molecule has 404 valence electrons. The zero-order chi connectivity index (χ0) is 54.6. The molecule has 0 bridgehead atoms. The van der Waals surface area contributed by atoms with Gasteiger partial charge in [-0.15, -0.1) is 11.8 Å². The van der Waals surface area contributed by atoms with Crippen molar-refractivity contribution in [1.82, 2.24) is 14.2 Å². The van der Waals surface area contributed by atoms with Gasteiger partial charge in [0.1, 0.15) is 4.90 Å². The van der Waals surface area contributed by atoms with E-state index in [2.05, 4.69) is 29.5 Å². The van der Waals surface area contributed by atoms with Crippen LogP contribution in [-0.4, -0.2) is 122 Å². The second-order valence-corrected chi connectivity index (χ2v) is 25.8. The molecule has 0 spiro atoms. The number of carbonyl (C=O) groups excluding carboxylic acids is 2. The summed E-state index contributed by atoms with van der Waals surface area (Å²) in [6.45, 7) is 5.82. The summed E-state index contributed by atoms with van der Waals surface area (Å²) >= 11 is 7.67. The highest BCUT2D eigenvalue weighted by Crippen LogP contribution is 2.41. The molecule has 0 aliphatic carbocycles. The van der Waals surface area contributed by atoms with Crippen LogP contribution in [0.1, 0.15) is 35.3 Å². The maximum Gasteiger partial charge on any atom is 0.501 e. The summed E-state index contributed by atoms with van der Waals surface area (Å²) in [6.07, 6.45) is 2.12. The topological polar surface area (TPSA) is 190 Å². The number of piperazine rings is 1. The van der Waals surface area contributed by atoms with Crippen molar-refractivity contribution in [3.05, 3.63) is 138 Å². The largest absolute Gasteiger partial charge is 0.501 e. The van der Waals surface area contributed by atoms with Crippen molar-refractivity contribution in [2.24, 2.45) is 7.05 Å². The number of aromatic nitrogens is 1. The van der Waals surface area contributed by atoms with Crippen LogP contribution in [0.2, 0.25) is 5.02 Å². The van der Waals surface area contributed by atoms with Crippen molar-refractivity contribution >= 4 is 86.8 Å². The Labute approximate surface area is 450 Å². The van der Waals surface area contributed by atoms with Crippen molar-refractivity contribution in [2.45, 2.75) is 58.5 Å². The molecule has 0 saturated carbocycles. The second kappa shape index (κ2) is 23.3. The zero-order valence-electron chi connectivity index (χ0n) is 41.7. The molecule has 2 atom stereocenters. The van der Waals surface area contributed by atoms with Gasteiger partial charge in [-0.2, -0.15) is 13.2 Å². The van der Waals surface area contributed by atoms with E-state index in [1.54, 1.807) is 43.3 Å². The molecule has 1 amide bonds. The number of piperidine rings is 1. The van der Waals surface area contributed by atoms with Crippen LogP contribution >= 0.6 is 23.4 Å². The number of halogens is 4. The van der Waals surface area contributed by atoms with Crippen molar-refractivity contribution in [3.63, 3.8) is 0 Å². The van der Waals surface area contributed by atoms with Crippen molar-refractivity contribution < 1.29 is 48.9 Å².